The highest BCUT2D eigenvalue weighted by atomic mass is 16.1. The number of amides is 1. The molecule has 4 heteroatoms. The minimum absolute atomic E-state index is 0.170. The van der Waals surface area contributed by atoms with E-state index < -0.39 is 0 Å². The Bertz CT molecular complexity index is 183. The first-order valence-corrected chi connectivity index (χ1v) is 6.07. The summed E-state index contributed by atoms with van der Waals surface area (Å²) in [6, 6.07) is 0. The van der Waals surface area contributed by atoms with Crippen molar-refractivity contribution in [1.29, 1.82) is 0 Å². The van der Waals surface area contributed by atoms with Gasteiger partial charge in [0, 0.05) is 19.5 Å². The molecule has 94 valence electrons. The lowest BCUT2D eigenvalue weighted by molar-refractivity contribution is -0.121. The summed E-state index contributed by atoms with van der Waals surface area (Å²) < 4.78 is 0. The van der Waals surface area contributed by atoms with Gasteiger partial charge in [0.05, 0.1) is 0 Å². The summed E-state index contributed by atoms with van der Waals surface area (Å²) in [6.45, 7) is 6.20. The molecule has 0 heterocycles. The summed E-state index contributed by atoms with van der Waals surface area (Å²) in [5, 5.41) is 8.99. The van der Waals surface area contributed by atoms with E-state index in [1.54, 1.807) is 6.20 Å². The van der Waals surface area contributed by atoms with Crippen molar-refractivity contribution < 1.29 is 4.79 Å². The van der Waals surface area contributed by atoms with Crippen LogP contribution in [0.25, 0.3) is 0 Å². The normalized spacial score (nSPS) is 9.81. The van der Waals surface area contributed by atoms with Crippen molar-refractivity contribution >= 4 is 5.91 Å². The second-order valence-corrected chi connectivity index (χ2v) is 3.78. The fraction of sp³-hybridized carbons (Fsp3) is 0.750. The van der Waals surface area contributed by atoms with Crippen molar-refractivity contribution in [1.82, 2.24) is 16.0 Å². The maximum Gasteiger partial charge on any atom is 0.219 e. The van der Waals surface area contributed by atoms with Crippen LogP contribution in [-0.4, -0.2) is 32.6 Å². The minimum Gasteiger partial charge on any atom is -0.391 e. The van der Waals surface area contributed by atoms with Crippen LogP contribution in [0.2, 0.25) is 0 Å². The van der Waals surface area contributed by atoms with Crippen LogP contribution in [0, 0.1) is 0 Å². The van der Waals surface area contributed by atoms with Gasteiger partial charge in [0.25, 0.3) is 0 Å². The maximum absolute atomic E-state index is 11.3. The third-order valence-corrected chi connectivity index (χ3v) is 2.30. The quantitative estimate of drug-likeness (QED) is 0.462. The van der Waals surface area contributed by atoms with Gasteiger partial charge in [-0.25, -0.2) is 0 Å². The molecular formula is C12H25N3O. The molecule has 0 rings (SSSR count). The van der Waals surface area contributed by atoms with Gasteiger partial charge in [-0.3, -0.25) is 4.79 Å². The van der Waals surface area contributed by atoms with Crippen LogP contribution < -0.4 is 16.0 Å². The monoisotopic (exact) mass is 227 g/mol. The lowest BCUT2D eigenvalue weighted by atomic mass is 10.2. The van der Waals surface area contributed by atoms with Gasteiger partial charge in [-0.15, -0.1) is 0 Å². The van der Waals surface area contributed by atoms with E-state index in [9.17, 15) is 4.79 Å². The number of hydrogen-bond acceptors (Lipinski definition) is 3. The van der Waals surface area contributed by atoms with Crippen molar-refractivity contribution in [3.63, 3.8) is 0 Å². The van der Waals surface area contributed by atoms with E-state index in [1.165, 1.54) is 0 Å². The van der Waals surface area contributed by atoms with Crippen molar-refractivity contribution in [3.8, 4) is 0 Å². The zero-order valence-corrected chi connectivity index (χ0v) is 10.3. The summed E-state index contributed by atoms with van der Waals surface area (Å²) in [5.74, 6) is 0.170. The Morgan fingerprint density at radius 1 is 1.12 bits per heavy atom. The number of unbranched alkanes of at least 4 members (excludes halogenated alkanes) is 2. The fourth-order valence-electron chi connectivity index (χ4n) is 1.37. The standard InChI is InChI=1S/C12H25N3O/c1-3-14-10-7-11-15-12(16)8-5-4-6-9-13-2/h3,13-14H,1,4-11H2,2H3,(H,15,16). The van der Waals surface area contributed by atoms with Gasteiger partial charge >= 0.3 is 0 Å². The molecule has 0 aliphatic heterocycles. The molecule has 0 unspecified atom stereocenters. The number of carbonyl (C=O) groups excluding carboxylic acids is 1. The van der Waals surface area contributed by atoms with E-state index in [1.807, 2.05) is 7.05 Å². The van der Waals surface area contributed by atoms with E-state index in [2.05, 4.69) is 22.5 Å². The molecule has 0 aromatic rings. The second-order valence-electron chi connectivity index (χ2n) is 3.78. The zero-order chi connectivity index (χ0) is 12.1. The molecule has 0 spiro atoms. The Labute approximate surface area is 98.9 Å². The molecule has 4 nitrogen and oxygen atoms in total. The summed E-state index contributed by atoms with van der Waals surface area (Å²) in [5.41, 5.74) is 0. The predicted molar refractivity (Wildman–Crippen MR) is 68.2 cm³/mol. The lowest BCUT2D eigenvalue weighted by Crippen LogP contribution is -2.26. The Balaban J connectivity index is 3.15. The van der Waals surface area contributed by atoms with Gasteiger partial charge in [-0.2, -0.15) is 0 Å². The summed E-state index contributed by atoms with van der Waals surface area (Å²) in [6.07, 6.45) is 6.51. The molecule has 0 aliphatic carbocycles. The molecule has 0 atom stereocenters. The van der Waals surface area contributed by atoms with Gasteiger partial charge in [-0.1, -0.05) is 13.0 Å². The smallest absolute Gasteiger partial charge is 0.219 e. The number of nitrogens with one attached hydrogen (secondary N) is 3. The molecule has 0 fully saturated rings. The lowest BCUT2D eigenvalue weighted by Gasteiger charge is -2.05. The maximum atomic E-state index is 11.3. The minimum atomic E-state index is 0.170. The summed E-state index contributed by atoms with van der Waals surface area (Å²) >= 11 is 0. The average Bonchev–Trinajstić information content (AvgIpc) is 2.28. The molecule has 0 aromatic carbocycles. The number of carbonyl (C=O) groups is 1. The van der Waals surface area contributed by atoms with Crippen LogP contribution in [0.3, 0.4) is 0 Å². The van der Waals surface area contributed by atoms with E-state index in [-0.39, 0.29) is 5.91 Å². The van der Waals surface area contributed by atoms with Gasteiger partial charge in [-0.05, 0) is 39.1 Å². The molecule has 1 amide bonds. The molecule has 0 saturated heterocycles. The molecule has 0 aliphatic rings. The zero-order valence-electron chi connectivity index (χ0n) is 10.3. The van der Waals surface area contributed by atoms with Crippen LogP contribution in [0.1, 0.15) is 32.1 Å². The van der Waals surface area contributed by atoms with E-state index in [4.69, 9.17) is 0 Å². The van der Waals surface area contributed by atoms with Gasteiger partial charge in [0.2, 0.25) is 5.91 Å². The van der Waals surface area contributed by atoms with Crippen LogP contribution in [0.4, 0.5) is 0 Å². The SMILES string of the molecule is C=CNCCCNC(=O)CCCCCNC. The van der Waals surface area contributed by atoms with Crippen LogP contribution in [0.15, 0.2) is 12.8 Å². The van der Waals surface area contributed by atoms with E-state index in [0.717, 1.165) is 45.3 Å². The topological polar surface area (TPSA) is 53.2 Å². The Morgan fingerprint density at radius 2 is 1.94 bits per heavy atom. The molecule has 16 heavy (non-hydrogen) atoms. The first kappa shape index (κ1) is 15.0. The van der Waals surface area contributed by atoms with Crippen molar-refractivity contribution in [3.05, 3.63) is 12.8 Å². The Kier molecular flexibility index (Phi) is 11.3. The van der Waals surface area contributed by atoms with Crippen molar-refractivity contribution in [2.45, 2.75) is 32.1 Å². The Hall–Kier alpha value is -1.03. The molecular weight excluding hydrogens is 202 g/mol. The molecule has 0 radical (unpaired) electrons. The fourth-order valence-corrected chi connectivity index (χ4v) is 1.37. The predicted octanol–water partition coefficient (Wildman–Crippen LogP) is 1.01. The molecule has 3 N–H and O–H groups in total. The van der Waals surface area contributed by atoms with Crippen LogP contribution >= 0.6 is 0 Å². The van der Waals surface area contributed by atoms with Crippen molar-refractivity contribution in [2.24, 2.45) is 0 Å². The first-order chi connectivity index (χ1) is 7.81. The number of hydrogen-bond donors (Lipinski definition) is 3. The van der Waals surface area contributed by atoms with E-state index in [0.29, 0.717) is 6.42 Å². The highest BCUT2D eigenvalue weighted by Crippen LogP contribution is 1.98. The molecule has 0 bridgehead atoms. The third-order valence-electron chi connectivity index (χ3n) is 2.30. The number of rotatable bonds is 11. The van der Waals surface area contributed by atoms with E-state index >= 15 is 0 Å². The van der Waals surface area contributed by atoms with Crippen LogP contribution in [-0.2, 0) is 4.79 Å². The summed E-state index contributed by atoms with van der Waals surface area (Å²) in [7, 11) is 1.95. The average molecular weight is 227 g/mol. The Morgan fingerprint density at radius 3 is 2.62 bits per heavy atom. The summed E-state index contributed by atoms with van der Waals surface area (Å²) in [4.78, 5) is 11.3. The van der Waals surface area contributed by atoms with Gasteiger partial charge in [0.1, 0.15) is 0 Å². The van der Waals surface area contributed by atoms with Gasteiger partial charge < -0.3 is 16.0 Å². The van der Waals surface area contributed by atoms with Crippen molar-refractivity contribution in [2.75, 3.05) is 26.7 Å². The molecule has 0 saturated carbocycles. The van der Waals surface area contributed by atoms with Gasteiger partial charge in [0.15, 0.2) is 0 Å². The second kappa shape index (κ2) is 12.0. The highest BCUT2D eigenvalue weighted by molar-refractivity contribution is 5.75. The molecule has 0 aromatic heterocycles. The largest absolute Gasteiger partial charge is 0.391 e. The highest BCUT2D eigenvalue weighted by Gasteiger charge is 1.99. The third kappa shape index (κ3) is 11.0. The van der Waals surface area contributed by atoms with Crippen LogP contribution in [0.5, 0.6) is 0 Å². The first-order valence-electron chi connectivity index (χ1n) is 6.07.